The van der Waals surface area contributed by atoms with E-state index in [4.69, 9.17) is 10.5 Å². The van der Waals surface area contributed by atoms with Crippen molar-refractivity contribution in [2.24, 2.45) is 0 Å². The van der Waals surface area contributed by atoms with Crippen molar-refractivity contribution < 1.29 is 18.1 Å². The topological polar surface area (TPSA) is 125 Å². The molecule has 0 aromatic heterocycles. The Morgan fingerprint density at radius 3 is 2.76 bits per heavy atom. The number of nitrogens with zero attached hydrogens (tertiary/aromatic N) is 1. The third kappa shape index (κ3) is 3.31. The van der Waals surface area contributed by atoms with Crippen molar-refractivity contribution in [3.05, 3.63) is 28.3 Å². The van der Waals surface area contributed by atoms with Crippen LogP contribution >= 0.6 is 0 Å². The summed E-state index contributed by atoms with van der Waals surface area (Å²) in [6.45, 7) is 0. The molecule has 0 amide bonds. The lowest BCUT2D eigenvalue weighted by Crippen LogP contribution is -2.40. The summed E-state index contributed by atoms with van der Waals surface area (Å²) < 4.78 is 32.5. The minimum absolute atomic E-state index is 0.135. The molecule has 2 rings (SSSR count). The van der Waals surface area contributed by atoms with Gasteiger partial charge in [-0.05, 0) is 31.4 Å². The number of nitrogens with two attached hydrogens (primary N) is 1. The number of anilines is 1. The van der Waals surface area contributed by atoms with Gasteiger partial charge in [-0.25, -0.2) is 13.1 Å². The highest BCUT2D eigenvalue weighted by Crippen LogP contribution is 2.28. The summed E-state index contributed by atoms with van der Waals surface area (Å²) in [5.74, 6) is 0. The van der Waals surface area contributed by atoms with Crippen molar-refractivity contribution in [3.8, 4) is 0 Å². The monoisotopic (exact) mass is 315 g/mol. The minimum Gasteiger partial charge on any atom is -0.399 e. The normalized spacial score (nSPS) is 22.3. The molecule has 1 saturated carbocycles. The van der Waals surface area contributed by atoms with Crippen LogP contribution in [0.4, 0.5) is 11.4 Å². The quantitative estimate of drug-likeness (QED) is 0.475. The second kappa shape index (κ2) is 5.96. The Morgan fingerprint density at radius 1 is 1.43 bits per heavy atom. The zero-order valence-corrected chi connectivity index (χ0v) is 12.3. The molecule has 116 valence electrons. The number of nitro groups is 1. The molecule has 0 aliphatic heterocycles. The van der Waals surface area contributed by atoms with Crippen molar-refractivity contribution in [2.45, 2.75) is 36.3 Å². The Bertz CT molecular complexity index is 646. The molecule has 0 radical (unpaired) electrons. The van der Waals surface area contributed by atoms with Crippen LogP contribution in [-0.2, 0) is 14.8 Å². The molecule has 2 atom stereocenters. The maximum Gasteiger partial charge on any atom is 0.291 e. The molecule has 1 aliphatic rings. The molecule has 21 heavy (non-hydrogen) atoms. The van der Waals surface area contributed by atoms with E-state index in [1.807, 2.05) is 0 Å². The molecule has 9 heteroatoms. The van der Waals surface area contributed by atoms with Gasteiger partial charge in [0.2, 0.25) is 10.0 Å². The summed E-state index contributed by atoms with van der Waals surface area (Å²) in [4.78, 5) is 9.87. The number of methoxy groups -OCH3 is 1. The Morgan fingerprint density at radius 2 is 2.14 bits per heavy atom. The fourth-order valence-corrected chi connectivity index (χ4v) is 3.96. The van der Waals surface area contributed by atoms with E-state index in [2.05, 4.69) is 4.72 Å². The number of nitro benzene ring substituents is 1. The predicted octanol–water partition coefficient (Wildman–Crippen LogP) is 1.02. The third-order valence-electron chi connectivity index (χ3n) is 3.53. The number of rotatable bonds is 5. The summed E-state index contributed by atoms with van der Waals surface area (Å²) in [5.41, 5.74) is 5.08. The zero-order chi connectivity index (χ0) is 15.6. The van der Waals surface area contributed by atoms with Gasteiger partial charge in [-0.2, -0.15) is 0 Å². The number of hydrogen-bond donors (Lipinski definition) is 2. The van der Waals surface area contributed by atoms with Crippen molar-refractivity contribution in [1.29, 1.82) is 0 Å². The van der Waals surface area contributed by atoms with Gasteiger partial charge in [0.15, 0.2) is 4.90 Å². The summed E-state index contributed by atoms with van der Waals surface area (Å²) >= 11 is 0. The summed E-state index contributed by atoms with van der Waals surface area (Å²) in [6, 6.07) is 3.13. The van der Waals surface area contributed by atoms with Crippen LogP contribution in [0.5, 0.6) is 0 Å². The summed E-state index contributed by atoms with van der Waals surface area (Å²) in [5, 5.41) is 11.0. The van der Waals surface area contributed by atoms with Gasteiger partial charge in [0.25, 0.3) is 5.69 Å². The largest absolute Gasteiger partial charge is 0.399 e. The van der Waals surface area contributed by atoms with E-state index in [0.29, 0.717) is 6.42 Å². The van der Waals surface area contributed by atoms with Crippen LogP contribution in [0.3, 0.4) is 0 Å². The molecular formula is C12H17N3O5S. The number of hydrogen-bond acceptors (Lipinski definition) is 6. The molecular weight excluding hydrogens is 298 g/mol. The zero-order valence-electron chi connectivity index (χ0n) is 11.5. The number of nitrogens with one attached hydrogen (secondary N) is 1. The first-order chi connectivity index (χ1) is 9.85. The first-order valence-electron chi connectivity index (χ1n) is 6.44. The van der Waals surface area contributed by atoms with E-state index in [1.54, 1.807) is 0 Å². The van der Waals surface area contributed by atoms with Crippen molar-refractivity contribution in [3.63, 3.8) is 0 Å². The molecule has 1 aromatic carbocycles. The fraction of sp³-hybridized carbons (Fsp3) is 0.500. The van der Waals surface area contributed by atoms with Crippen LogP contribution in [0.15, 0.2) is 23.1 Å². The molecule has 3 N–H and O–H groups in total. The highest BCUT2D eigenvalue weighted by atomic mass is 32.2. The van der Waals surface area contributed by atoms with Crippen LogP contribution < -0.4 is 10.5 Å². The lowest BCUT2D eigenvalue weighted by molar-refractivity contribution is -0.387. The Labute approximate surface area is 122 Å². The van der Waals surface area contributed by atoms with Crippen LogP contribution in [0, 0.1) is 10.1 Å². The molecule has 1 aliphatic carbocycles. The average molecular weight is 315 g/mol. The predicted molar refractivity (Wildman–Crippen MR) is 76.3 cm³/mol. The van der Waals surface area contributed by atoms with Gasteiger partial charge in [0.1, 0.15) is 0 Å². The summed E-state index contributed by atoms with van der Waals surface area (Å²) in [7, 11) is -2.49. The molecule has 8 nitrogen and oxygen atoms in total. The number of sulfonamides is 1. The molecule has 0 spiro atoms. The smallest absolute Gasteiger partial charge is 0.291 e. The van der Waals surface area contributed by atoms with Crippen molar-refractivity contribution in [1.82, 2.24) is 4.72 Å². The van der Waals surface area contributed by atoms with Gasteiger partial charge in [0, 0.05) is 24.9 Å². The van der Waals surface area contributed by atoms with Crippen LogP contribution in [0.25, 0.3) is 0 Å². The van der Waals surface area contributed by atoms with Crippen molar-refractivity contribution >= 4 is 21.4 Å². The van der Waals surface area contributed by atoms with Gasteiger partial charge in [0.05, 0.1) is 11.0 Å². The maximum absolute atomic E-state index is 12.4. The van der Waals surface area contributed by atoms with Gasteiger partial charge >= 0.3 is 0 Å². The molecule has 0 bridgehead atoms. The van der Waals surface area contributed by atoms with Crippen molar-refractivity contribution in [2.75, 3.05) is 12.8 Å². The van der Waals surface area contributed by atoms with E-state index in [-0.39, 0.29) is 22.7 Å². The van der Waals surface area contributed by atoms with E-state index >= 15 is 0 Å². The first kappa shape index (κ1) is 15.7. The van der Waals surface area contributed by atoms with Gasteiger partial charge in [-0.15, -0.1) is 0 Å². The second-order valence-electron chi connectivity index (χ2n) is 4.92. The maximum atomic E-state index is 12.4. The highest BCUT2D eigenvalue weighted by molar-refractivity contribution is 7.89. The van der Waals surface area contributed by atoms with Crippen LogP contribution in [-0.4, -0.2) is 32.6 Å². The molecule has 0 saturated heterocycles. The van der Waals surface area contributed by atoms with E-state index in [1.165, 1.54) is 13.2 Å². The summed E-state index contributed by atoms with van der Waals surface area (Å²) in [6.07, 6.45) is 2.02. The van der Waals surface area contributed by atoms with Gasteiger partial charge in [-0.3, -0.25) is 10.1 Å². The Balaban J connectivity index is 2.34. The first-order valence-corrected chi connectivity index (χ1v) is 7.92. The molecule has 1 aromatic rings. The lowest BCUT2D eigenvalue weighted by Gasteiger charge is -2.19. The molecule has 0 heterocycles. The average Bonchev–Trinajstić information content (AvgIpc) is 2.84. The molecule has 1 fully saturated rings. The third-order valence-corrected chi connectivity index (χ3v) is 5.07. The SMILES string of the molecule is COC1CCCC1NS(=O)(=O)c1ccc(N)cc1[N+](=O)[O-]. The van der Waals surface area contributed by atoms with Crippen LogP contribution in [0.1, 0.15) is 19.3 Å². The lowest BCUT2D eigenvalue weighted by atomic mass is 10.2. The van der Waals surface area contributed by atoms with Crippen LogP contribution in [0.2, 0.25) is 0 Å². The van der Waals surface area contributed by atoms with E-state index in [9.17, 15) is 18.5 Å². The molecule has 2 unspecified atom stereocenters. The van der Waals surface area contributed by atoms with E-state index < -0.39 is 20.6 Å². The Hall–Kier alpha value is -1.71. The Kier molecular flexibility index (Phi) is 4.45. The highest BCUT2D eigenvalue weighted by Gasteiger charge is 2.34. The standard InChI is InChI=1S/C12H17N3O5S/c1-20-11-4-2-3-9(11)14-21(18,19)12-6-5-8(13)7-10(12)15(16)17/h5-7,9,11,14H,2-4,13H2,1H3. The number of nitrogen functional groups attached to an aromatic ring is 1. The second-order valence-corrected chi connectivity index (χ2v) is 6.60. The number of benzene rings is 1. The van der Waals surface area contributed by atoms with E-state index in [0.717, 1.165) is 25.0 Å². The van der Waals surface area contributed by atoms with Gasteiger partial charge < -0.3 is 10.5 Å². The minimum atomic E-state index is -4.01. The van der Waals surface area contributed by atoms with Gasteiger partial charge in [-0.1, -0.05) is 0 Å². The number of ether oxygens (including phenoxy) is 1. The fourth-order valence-electron chi connectivity index (χ4n) is 2.51.